The van der Waals surface area contributed by atoms with Crippen LogP contribution < -0.4 is 5.56 Å². The number of carbonyl (C=O) groups is 1. The van der Waals surface area contributed by atoms with E-state index in [-0.39, 0.29) is 36.1 Å². The van der Waals surface area contributed by atoms with Crippen molar-refractivity contribution in [1.29, 1.82) is 0 Å². The fraction of sp³-hybridized carbons (Fsp3) is 0.350. The zero-order valence-electron chi connectivity index (χ0n) is 15.8. The fourth-order valence-corrected chi connectivity index (χ4v) is 3.60. The lowest BCUT2D eigenvalue weighted by atomic mass is 10.1. The molecule has 3 aromatic rings. The van der Waals surface area contributed by atoms with Crippen LogP contribution >= 0.6 is 15.9 Å². The van der Waals surface area contributed by atoms with Crippen LogP contribution in [-0.4, -0.2) is 22.4 Å². The van der Waals surface area contributed by atoms with Crippen LogP contribution in [0, 0.1) is 0 Å². The van der Waals surface area contributed by atoms with Crippen LogP contribution in [0.15, 0.2) is 37.9 Å². The normalized spacial score (nSPS) is 14.3. The molecule has 0 aliphatic heterocycles. The molecule has 0 atom stereocenters. The van der Waals surface area contributed by atoms with Gasteiger partial charge in [-0.3, -0.25) is 4.79 Å². The molecule has 6 nitrogen and oxygen atoms in total. The first kappa shape index (κ1) is 20.6. The van der Waals surface area contributed by atoms with Crippen LogP contribution in [-0.2, 0) is 17.5 Å². The van der Waals surface area contributed by atoms with Crippen molar-refractivity contribution in [3.63, 3.8) is 0 Å². The molecule has 1 aromatic carbocycles. The summed E-state index contributed by atoms with van der Waals surface area (Å²) >= 11 is 3.33. The number of nitrogens with zero attached hydrogens (tertiary/aromatic N) is 2. The van der Waals surface area contributed by atoms with Gasteiger partial charge in [-0.15, -0.1) is 0 Å². The Bertz CT molecular complexity index is 1200. The van der Waals surface area contributed by atoms with Crippen molar-refractivity contribution in [2.24, 2.45) is 0 Å². The topological polar surface area (TPSA) is 74.3 Å². The molecule has 1 aliphatic rings. The minimum absolute atomic E-state index is 0.0899. The van der Waals surface area contributed by atoms with E-state index in [0.29, 0.717) is 15.4 Å². The van der Waals surface area contributed by atoms with Gasteiger partial charge in [-0.05, 0) is 44.0 Å². The Labute approximate surface area is 176 Å². The third kappa shape index (κ3) is 3.88. The van der Waals surface area contributed by atoms with E-state index in [1.165, 1.54) is 0 Å². The predicted octanol–water partition coefficient (Wildman–Crippen LogP) is 4.87. The van der Waals surface area contributed by atoms with Crippen molar-refractivity contribution in [2.45, 2.75) is 38.4 Å². The molecular weight excluding hydrogens is 469 g/mol. The van der Waals surface area contributed by atoms with Crippen LogP contribution in [0.4, 0.5) is 13.2 Å². The summed E-state index contributed by atoms with van der Waals surface area (Å²) in [6, 6.07) is 5.80. The highest BCUT2D eigenvalue weighted by molar-refractivity contribution is 9.10. The molecular formula is C20H16BrF3N2O4. The first-order chi connectivity index (χ1) is 14.2. The second-order valence-corrected chi connectivity index (χ2v) is 7.90. The summed E-state index contributed by atoms with van der Waals surface area (Å²) in [5.41, 5.74) is -1.75. The minimum Gasteiger partial charge on any atom is -0.460 e. The summed E-state index contributed by atoms with van der Waals surface area (Å²) in [6.07, 6.45) is -3.37. The average molecular weight is 485 g/mol. The Balaban J connectivity index is 1.89. The van der Waals surface area contributed by atoms with E-state index in [1.54, 1.807) is 25.1 Å². The summed E-state index contributed by atoms with van der Waals surface area (Å²) in [7, 11) is 0. The number of aromatic nitrogens is 2. The number of esters is 1. The third-order valence-corrected chi connectivity index (χ3v) is 5.31. The van der Waals surface area contributed by atoms with Crippen molar-refractivity contribution in [1.82, 2.24) is 9.78 Å². The molecule has 0 N–H and O–H groups in total. The maximum atomic E-state index is 13.4. The van der Waals surface area contributed by atoms with E-state index in [1.807, 2.05) is 0 Å². The zero-order chi connectivity index (χ0) is 21.6. The predicted molar refractivity (Wildman–Crippen MR) is 104 cm³/mol. The summed E-state index contributed by atoms with van der Waals surface area (Å²) < 4.78 is 52.4. The number of halogens is 4. The average Bonchev–Trinajstić information content (AvgIpc) is 3.46. The first-order valence-electron chi connectivity index (χ1n) is 9.26. The molecule has 0 radical (unpaired) electrons. The van der Waals surface area contributed by atoms with Gasteiger partial charge in [0.25, 0.3) is 5.56 Å². The van der Waals surface area contributed by atoms with E-state index in [0.717, 1.165) is 23.6 Å². The molecule has 0 spiro atoms. The van der Waals surface area contributed by atoms with Crippen molar-refractivity contribution >= 4 is 32.9 Å². The van der Waals surface area contributed by atoms with E-state index < -0.39 is 23.3 Å². The van der Waals surface area contributed by atoms with Crippen LogP contribution in [0.2, 0.25) is 0 Å². The van der Waals surface area contributed by atoms with Crippen molar-refractivity contribution in [3.8, 4) is 0 Å². The summed E-state index contributed by atoms with van der Waals surface area (Å²) in [4.78, 5) is 25.0. The fourth-order valence-electron chi connectivity index (χ4n) is 3.24. The highest BCUT2D eigenvalue weighted by Crippen LogP contribution is 2.40. The number of hydrogen-bond acceptors (Lipinski definition) is 5. The Kier molecular flexibility index (Phi) is 5.21. The smallest absolute Gasteiger partial charge is 0.421 e. The van der Waals surface area contributed by atoms with Gasteiger partial charge in [-0.1, -0.05) is 15.9 Å². The number of hydrogen-bond donors (Lipinski definition) is 0. The third-order valence-electron chi connectivity index (χ3n) is 4.82. The monoisotopic (exact) mass is 484 g/mol. The molecule has 1 aliphatic carbocycles. The molecule has 1 fully saturated rings. The largest absolute Gasteiger partial charge is 0.460 e. The lowest BCUT2D eigenvalue weighted by Gasteiger charge is -2.12. The number of benzene rings is 1. The molecule has 0 saturated heterocycles. The van der Waals surface area contributed by atoms with Gasteiger partial charge in [0, 0.05) is 21.3 Å². The van der Waals surface area contributed by atoms with Crippen LogP contribution in [0.5, 0.6) is 0 Å². The van der Waals surface area contributed by atoms with Crippen molar-refractivity contribution in [3.05, 3.63) is 61.7 Å². The van der Waals surface area contributed by atoms with Gasteiger partial charge < -0.3 is 9.15 Å². The standard InChI is InChI=1S/C20H16BrF3N2O4/c1-2-29-19(28)17-13(12-7-11(21)5-6-16(12)30-17)9-26-18(27)14(20(22,23)24)8-15(25-26)10-3-4-10/h5-8,10H,2-4,9H2,1H3. The van der Waals surface area contributed by atoms with Gasteiger partial charge >= 0.3 is 12.1 Å². The Hall–Kier alpha value is -2.62. The highest BCUT2D eigenvalue weighted by Gasteiger charge is 2.38. The van der Waals surface area contributed by atoms with E-state index >= 15 is 0 Å². The second-order valence-electron chi connectivity index (χ2n) is 6.99. The molecule has 2 heterocycles. The Morgan fingerprint density at radius 3 is 2.70 bits per heavy atom. The number of carbonyl (C=O) groups excluding carboxylic acids is 1. The SMILES string of the molecule is CCOC(=O)c1oc2ccc(Br)cc2c1Cn1nc(C2CC2)cc(C(F)(F)F)c1=O. The number of ether oxygens (including phenoxy) is 1. The van der Waals surface area contributed by atoms with Gasteiger partial charge in [0.15, 0.2) is 0 Å². The molecule has 2 aromatic heterocycles. The van der Waals surface area contributed by atoms with Gasteiger partial charge in [0.2, 0.25) is 5.76 Å². The molecule has 4 rings (SSSR count). The number of alkyl halides is 3. The first-order valence-corrected chi connectivity index (χ1v) is 10.1. The number of rotatable bonds is 5. The minimum atomic E-state index is -4.81. The number of fused-ring (bicyclic) bond motifs is 1. The lowest BCUT2D eigenvalue weighted by Crippen LogP contribution is -2.32. The van der Waals surface area contributed by atoms with Gasteiger partial charge in [0.1, 0.15) is 11.1 Å². The van der Waals surface area contributed by atoms with Gasteiger partial charge in [-0.25, -0.2) is 9.48 Å². The van der Waals surface area contributed by atoms with Gasteiger partial charge in [-0.2, -0.15) is 18.3 Å². The molecule has 10 heteroatoms. The molecule has 30 heavy (non-hydrogen) atoms. The van der Waals surface area contributed by atoms with Gasteiger partial charge in [0.05, 0.1) is 18.8 Å². The van der Waals surface area contributed by atoms with E-state index in [2.05, 4.69) is 21.0 Å². The van der Waals surface area contributed by atoms with Crippen molar-refractivity contribution in [2.75, 3.05) is 6.61 Å². The number of furan rings is 1. The lowest BCUT2D eigenvalue weighted by molar-refractivity contribution is -0.139. The zero-order valence-corrected chi connectivity index (χ0v) is 17.3. The van der Waals surface area contributed by atoms with Crippen LogP contribution in [0.25, 0.3) is 11.0 Å². The van der Waals surface area contributed by atoms with Crippen LogP contribution in [0.1, 0.15) is 53.1 Å². The Morgan fingerprint density at radius 1 is 1.33 bits per heavy atom. The molecule has 158 valence electrons. The van der Waals surface area contributed by atoms with Crippen molar-refractivity contribution < 1.29 is 27.1 Å². The highest BCUT2D eigenvalue weighted by atomic mass is 79.9. The molecule has 0 amide bonds. The quantitative estimate of drug-likeness (QED) is 0.482. The Morgan fingerprint density at radius 2 is 2.07 bits per heavy atom. The van der Waals surface area contributed by atoms with E-state index in [4.69, 9.17) is 9.15 Å². The molecule has 0 unspecified atom stereocenters. The maximum absolute atomic E-state index is 13.4. The van der Waals surface area contributed by atoms with Crippen LogP contribution in [0.3, 0.4) is 0 Å². The molecule has 1 saturated carbocycles. The summed E-state index contributed by atoms with van der Waals surface area (Å²) in [6.45, 7) is 1.35. The summed E-state index contributed by atoms with van der Waals surface area (Å²) in [5, 5.41) is 4.64. The van der Waals surface area contributed by atoms with E-state index in [9.17, 15) is 22.8 Å². The second kappa shape index (κ2) is 7.57. The summed E-state index contributed by atoms with van der Waals surface area (Å²) in [5.74, 6) is -1.02. The molecule has 0 bridgehead atoms. The maximum Gasteiger partial charge on any atom is 0.421 e.